The first-order chi connectivity index (χ1) is 8.40. The summed E-state index contributed by atoms with van der Waals surface area (Å²) in [6.45, 7) is 4.09. The van der Waals surface area contributed by atoms with Gasteiger partial charge in [-0.1, -0.05) is 17.8 Å². The molecule has 96 valence electrons. The molecule has 0 amide bonds. The van der Waals surface area contributed by atoms with E-state index in [0.717, 1.165) is 29.1 Å². The Hall–Kier alpha value is -1.16. The van der Waals surface area contributed by atoms with Crippen LogP contribution in [0.5, 0.6) is 5.75 Å². The molecule has 1 aromatic carbocycles. The summed E-state index contributed by atoms with van der Waals surface area (Å²) < 4.78 is 5.88. The highest BCUT2D eigenvalue weighted by Gasteiger charge is 2.46. The lowest BCUT2D eigenvalue weighted by atomic mass is 9.92. The third-order valence-electron chi connectivity index (χ3n) is 3.61. The fourth-order valence-corrected chi connectivity index (χ4v) is 3.56. The number of rotatable bonds is 3. The van der Waals surface area contributed by atoms with Crippen molar-refractivity contribution in [2.24, 2.45) is 0 Å². The van der Waals surface area contributed by atoms with Crippen molar-refractivity contribution < 1.29 is 14.6 Å². The number of aliphatic carboxylic acids is 1. The Balaban J connectivity index is 1.91. The highest BCUT2D eigenvalue weighted by molar-refractivity contribution is 8.00. The van der Waals surface area contributed by atoms with Crippen molar-refractivity contribution in [2.75, 3.05) is 0 Å². The minimum Gasteiger partial charge on any atom is -0.481 e. The summed E-state index contributed by atoms with van der Waals surface area (Å²) in [7, 11) is 0. The Kier molecular flexibility index (Phi) is 2.43. The summed E-state index contributed by atoms with van der Waals surface area (Å²) in [5.41, 5.74) is 0.976. The molecule has 1 aromatic rings. The molecule has 3 rings (SSSR count). The zero-order valence-corrected chi connectivity index (χ0v) is 11.3. The Morgan fingerprint density at radius 2 is 2.17 bits per heavy atom. The van der Waals surface area contributed by atoms with E-state index in [2.05, 4.69) is 12.1 Å². The summed E-state index contributed by atoms with van der Waals surface area (Å²) in [5.74, 6) is 0.183. The summed E-state index contributed by atoms with van der Waals surface area (Å²) >= 11 is 1.71. The molecular weight excluding hydrogens is 248 g/mol. The summed E-state index contributed by atoms with van der Waals surface area (Å²) in [6, 6.07) is 6.16. The van der Waals surface area contributed by atoms with Gasteiger partial charge in [0.15, 0.2) is 4.93 Å². The third kappa shape index (κ3) is 1.99. The lowest BCUT2D eigenvalue weighted by Gasteiger charge is -2.16. The van der Waals surface area contributed by atoms with E-state index in [1.165, 1.54) is 0 Å². The molecule has 0 aromatic heterocycles. The van der Waals surface area contributed by atoms with E-state index in [0.29, 0.717) is 0 Å². The topological polar surface area (TPSA) is 46.5 Å². The first-order valence-electron chi connectivity index (χ1n) is 6.15. The lowest BCUT2D eigenvalue weighted by molar-refractivity contribution is -0.137. The molecule has 1 saturated carbocycles. The highest BCUT2D eigenvalue weighted by atomic mass is 32.2. The number of hydrogen-bond donors (Lipinski definition) is 1. The molecule has 0 spiro atoms. The van der Waals surface area contributed by atoms with Crippen LogP contribution in [0.1, 0.15) is 38.7 Å². The van der Waals surface area contributed by atoms with Crippen LogP contribution in [-0.4, -0.2) is 16.0 Å². The maximum Gasteiger partial charge on any atom is 0.304 e. The van der Waals surface area contributed by atoms with E-state index in [-0.39, 0.29) is 16.8 Å². The van der Waals surface area contributed by atoms with Crippen LogP contribution in [0, 0.1) is 0 Å². The van der Waals surface area contributed by atoms with Crippen LogP contribution in [0.4, 0.5) is 0 Å². The zero-order chi connectivity index (χ0) is 13.0. The number of carboxylic acids is 1. The Morgan fingerprint density at radius 1 is 1.44 bits per heavy atom. The maximum absolute atomic E-state index is 10.9. The minimum absolute atomic E-state index is 0.137. The van der Waals surface area contributed by atoms with Crippen LogP contribution in [0.3, 0.4) is 0 Å². The van der Waals surface area contributed by atoms with Crippen molar-refractivity contribution >= 4 is 17.7 Å². The van der Waals surface area contributed by atoms with Gasteiger partial charge in [-0.15, -0.1) is 0 Å². The van der Waals surface area contributed by atoms with Gasteiger partial charge < -0.3 is 9.84 Å². The minimum atomic E-state index is -0.719. The largest absolute Gasteiger partial charge is 0.481 e. The molecule has 0 atom stereocenters. The van der Waals surface area contributed by atoms with Gasteiger partial charge in [0.05, 0.1) is 11.3 Å². The second-order valence-corrected chi connectivity index (χ2v) is 7.24. The Bertz CT molecular complexity index is 518. The van der Waals surface area contributed by atoms with Gasteiger partial charge >= 0.3 is 5.97 Å². The SMILES string of the molecule is CC1(C)Oc2cc(C3(CC(=O)O)CC3)ccc2S1. The molecule has 3 nitrogen and oxygen atoms in total. The van der Waals surface area contributed by atoms with Gasteiger partial charge in [0.2, 0.25) is 0 Å². The molecule has 18 heavy (non-hydrogen) atoms. The normalized spacial score (nSPS) is 22.1. The van der Waals surface area contributed by atoms with Crippen LogP contribution >= 0.6 is 11.8 Å². The second-order valence-electron chi connectivity index (χ2n) is 5.62. The van der Waals surface area contributed by atoms with Gasteiger partial charge in [-0.25, -0.2) is 0 Å². The molecule has 2 aliphatic rings. The number of carbonyl (C=O) groups is 1. The lowest BCUT2D eigenvalue weighted by Crippen LogP contribution is -2.18. The predicted octanol–water partition coefficient (Wildman–Crippen LogP) is 3.41. The Morgan fingerprint density at radius 3 is 2.78 bits per heavy atom. The van der Waals surface area contributed by atoms with Crippen molar-refractivity contribution in [3.8, 4) is 5.75 Å². The van der Waals surface area contributed by atoms with Gasteiger partial charge in [-0.2, -0.15) is 0 Å². The predicted molar refractivity (Wildman–Crippen MR) is 70.2 cm³/mol. The van der Waals surface area contributed by atoms with Gasteiger partial charge in [0.25, 0.3) is 0 Å². The van der Waals surface area contributed by atoms with Crippen LogP contribution in [0.2, 0.25) is 0 Å². The number of hydrogen-bond acceptors (Lipinski definition) is 3. The molecule has 1 fully saturated rings. The number of ether oxygens (including phenoxy) is 1. The van der Waals surface area contributed by atoms with Crippen LogP contribution < -0.4 is 4.74 Å². The van der Waals surface area contributed by atoms with Gasteiger partial charge in [0, 0.05) is 5.41 Å². The molecule has 4 heteroatoms. The molecule has 1 heterocycles. The van der Waals surface area contributed by atoms with Crippen LogP contribution in [0.15, 0.2) is 23.1 Å². The van der Waals surface area contributed by atoms with E-state index < -0.39 is 5.97 Å². The summed E-state index contributed by atoms with van der Waals surface area (Å²) in [6.07, 6.45) is 2.16. The molecule has 0 unspecified atom stereocenters. The monoisotopic (exact) mass is 264 g/mol. The highest BCUT2D eigenvalue weighted by Crippen LogP contribution is 2.54. The average molecular weight is 264 g/mol. The average Bonchev–Trinajstić information content (AvgIpc) is 2.92. The second kappa shape index (κ2) is 3.67. The maximum atomic E-state index is 10.9. The van der Waals surface area contributed by atoms with Crippen molar-refractivity contribution in [1.29, 1.82) is 0 Å². The standard InChI is InChI=1S/C14H16O3S/c1-13(2)17-10-7-9(3-4-11(10)18-13)14(5-6-14)8-12(15)16/h3-4,7H,5-6,8H2,1-2H3,(H,15,16). The van der Waals surface area contributed by atoms with E-state index in [1.807, 2.05) is 19.9 Å². The molecule has 0 bridgehead atoms. The first-order valence-corrected chi connectivity index (χ1v) is 6.96. The molecule has 0 saturated heterocycles. The fourth-order valence-electron chi connectivity index (χ4n) is 2.56. The molecule has 1 aliphatic heterocycles. The van der Waals surface area contributed by atoms with E-state index in [1.54, 1.807) is 11.8 Å². The van der Waals surface area contributed by atoms with E-state index >= 15 is 0 Å². The molecule has 0 radical (unpaired) electrons. The van der Waals surface area contributed by atoms with Crippen molar-refractivity contribution in [3.63, 3.8) is 0 Å². The van der Waals surface area contributed by atoms with Crippen molar-refractivity contribution in [1.82, 2.24) is 0 Å². The number of thioether (sulfide) groups is 1. The molecular formula is C14H16O3S. The van der Waals surface area contributed by atoms with Crippen LogP contribution in [0.25, 0.3) is 0 Å². The van der Waals surface area contributed by atoms with Crippen LogP contribution in [-0.2, 0) is 10.2 Å². The van der Waals surface area contributed by atoms with Gasteiger partial charge in [-0.3, -0.25) is 4.79 Å². The van der Waals surface area contributed by atoms with E-state index in [4.69, 9.17) is 9.84 Å². The van der Waals surface area contributed by atoms with Gasteiger partial charge in [-0.05, 0) is 44.4 Å². The van der Waals surface area contributed by atoms with Crippen molar-refractivity contribution in [3.05, 3.63) is 23.8 Å². The fraction of sp³-hybridized carbons (Fsp3) is 0.500. The van der Waals surface area contributed by atoms with Gasteiger partial charge in [0.1, 0.15) is 5.75 Å². The van der Waals surface area contributed by atoms with E-state index in [9.17, 15) is 4.79 Å². The Labute approximate surface area is 111 Å². The number of benzene rings is 1. The first kappa shape index (κ1) is 11.9. The molecule has 1 N–H and O–H groups in total. The summed E-state index contributed by atoms with van der Waals surface area (Å²) in [4.78, 5) is 11.9. The summed E-state index contributed by atoms with van der Waals surface area (Å²) in [5, 5.41) is 8.99. The zero-order valence-electron chi connectivity index (χ0n) is 10.5. The number of fused-ring (bicyclic) bond motifs is 1. The van der Waals surface area contributed by atoms with Crippen molar-refractivity contribution in [2.45, 2.75) is 48.4 Å². The molecule has 1 aliphatic carbocycles. The number of carboxylic acid groups (broad SMARTS) is 1. The smallest absolute Gasteiger partial charge is 0.304 e. The third-order valence-corrected chi connectivity index (χ3v) is 4.74. The quantitative estimate of drug-likeness (QED) is 0.908.